The molecular formula is C17H26IN5OS. The monoisotopic (exact) mass is 475 g/mol. The first-order valence-corrected chi connectivity index (χ1v) is 9.14. The summed E-state index contributed by atoms with van der Waals surface area (Å²) in [6, 6.07) is 4.40. The van der Waals surface area contributed by atoms with Crippen LogP contribution in [0.25, 0.3) is 0 Å². The van der Waals surface area contributed by atoms with Crippen LogP contribution >= 0.6 is 35.3 Å². The van der Waals surface area contributed by atoms with Crippen molar-refractivity contribution in [1.29, 1.82) is 0 Å². The molecule has 3 rings (SSSR count). The zero-order valence-corrected chi connectivity index (χ0v) is 18.1. The third-order valence-corrected chi connectivity index (χ3v) is 5.39. The second-order valence-electron chi connectivity index (χ2n) is 5.88. The predicted molar refractivity (Wildman–Crippen MR) is 113 cm³/mol. The molecular weight excluding hydrogens is 449 g/mol. The lowest BCUT2D eigenvalue weighted by molar-refractivity contribution is -0.00804. The highest BCUT2D eigenvalue weighted by Gasteiger charge is 2.25. The van der Waals surface area contributed by atoms with E-state index < -0.39 is 0 Å². The number of ether oxygens (including phenoxy) is 1. The number of nitrogens with zero attached hydrogens (tertiary/aromatic N) is 4. The van der Waals surface area contributed by atoms with E-state index in [2.05, 4.69) is 39.4 Å². The van der Waals surface area contributed by atoms with Crippen molar-refractivity contribution < 1.29 is 4.74 Å². The van der Waals surface area contributed by atoms with Gasteiger partial charge < -0.3 is 15.0 Å². The molecule has 1 saturated heterocycles. The Hall–Kier alpha value is -1.13. The van der Waals surface area contributed by atoms with E-state index in [-0.39, 0.29) is 30.1 Å². The molecule has 0 aromatic carbocycles. The van der Waals surface area contributed by atoms with Crippen LogP contribution in [-0.4, -0.2) is 47.4 Å². The van der Waals surface area contributed by atoms with Gasteiger partial charge in [0.15, 0.2) is 5.96 Å². The van der Waals surface area contributed by atoms with Crippen LogP contribution in [0.5, 0.6) is 0 Å². The molecule has 0 aliphatic carbocycles. The Kier molecular flexibility index (Phi) is 7.70. The maximum Gasteiger partial charge on any atom is 0.194 e. The highest BCUT2D eigenvalue weighted by atomic mass is 127. The number of nitrogens with one attached hydrogen (secondary N) is 1. The van der Waals surface area contributed by atoms with Gasteiger partial charge in [-0.15, -0.1) is 35.3 Å². The molecule has 0 spiro atoms. The van der Waals surface area contributed by atoms with Gasteiger partial charge in [-0.2, -0.15) is 5.10 Å². The smallest absolute Gasteiger partial charge is 0.194 e. The van der Waals surface area contributed by atoms with Gasteiger partial charge >= 0.3 is 0 Å². The van der Waals surface area contributed by atoms with Crippen LogP contribution in [0.15, 0.2) is 29.5 Å². The van der Waals surface area contributed by atoms with Crippen molar-refractivity contribution in [3.8, 4) is 0 Å². The summed E-state index contributed by atoms with van der Waals surface area (Å²) in [6.45, 7) is 5.33. The minimum absolute atomic E-state index is 0. The molecule has 2 aromatic heterocycles. The number of aromatic nitrogens is 2. The molecule has 0 radical (unpaired) electrons. The fourth-order valence-corrected chi connectivity index (χ4v) is 3.75. The average molecular weight is 475 g/mol. The lowest BCUT2D eigenvalue weighted by atomic mass is 10.1. The highest BCUT2D eigenvalue weighted by Crippen LogP contribution is 2.22. The molecule has 1 aliphatic heterocycles. The van der Waals surface area contributed by atoms with Crippen molar-refractivity contribution in [2.24, 2.45) is 12.0 Å². The molecule has 25 heavy (non-hydrogen) atoms. The SMILES string of the molecule is CCc1ccc(CNC(=NC)N2CCOC(c3cnn(C)c3)C2)s1.I. The van der Waals surface area contributed by atoms with Gasteiger partial charge in [0.25, 0.3) is 0 Å². The number of rotatable bonds is 4. The van der Waals surface area contributed by atoms with Crippen LogP contribution in [0.2, 0.25) is 0 Å². The van der Waals surface area contributed by atoms with E-state index in [1.165, 1.54) is 9.75 Å². The van der Waals surface area contributed by atoms with Crippen LogP contribution in [-0.2, 0) is 24.8 Å². The number of halogens is 1. The zero-order chi connectivity index (χ0) is 16.9. The summed E-state index contributed by atoms with van der Waals surface area (Å²) in [5.74, 6) is 0.929. The molecule has 2 aromatic rings. The second kappa shape index (κ2) is 9.54. The van der Waals surface area contributed by atoms with E-state index in [9.17, 15) is 0 Å². The van der Waals surface area contributed by atoms with Crippen LogP contribution in [0.4, 0.5) is 0 Å². The van der Waals surface area contributed by atoms with Crippen molar-refractivity contribution in [2.45, 2.75) is 26.0 Å². The maximum absolute atomic E-state index is 5.91. The van der Waals surface area contributed by atoms with E-state index in [0.29, 0.717) is 6.61 Å². The molecule has 1 atom stereocenters. The first-order valence-electron chi connectivity index (χ1n) is 8.33. The Morgan fingerprint density at radius 1 is 1.44 bits per heavy atom. The molecule has 1 unspecified atom stereocenters. The lowest BCUT2D eigenvalue weighted by Gasteiger charge is -2.34. The minimum atomic E-state index is 0. The van der Waals surface area contributed by atoms with E-state index in [0.717, 1.165) is 37.6 Å². The molecule has 1 fully saturated rings. The number of hydrogen-bond acceptors (Lipinski definition) is 4. The van der Waals surface area contributed by atoms with Crippen molar-refractivity contribution in [3.63, 3.8) is 0 Å². The largest absolute Gasteiger partial charge is 0.370 e. The quantitative estimate of drug-likeness (QED) is 0.420. The first-order chi connectivity index (χ1) is 11.7. The van der Waals surface area contributed by atoms with Gasteiger partial charge in [0.05, 0.1) is 25.9 Å². The Balaban J connectivity index is 0.00000225. The first kappa shape index (κ1) is 20.2. The van der Waals surface area contributed by atoms with Crippen LogP contribution in [0.3, 0.4) is 0 Å². The molecule has 8 heteroatoms. The van der Waals surface area contributed by atoms with Crippen molar-refractivity contribution in [2.75, 3.05) is 26.7 Å². The normalized spacial score (nSPS) is 18.1. The molecule has 1 N–H and O–H groups in total. The van der Waals surface area contributed by atoms with E-state index in [1.54, 1.807) is 0 Å². The van der Waals surface area contributed by atoms with Gasteiger partial charge in [0.2, 0.25) is 0 Å². The molecule has 138 valence electrons. The molecule has 0 amide bonds. The van der Waals surface area contributed by atoms with Gasteiger partial charge in [0, 0.05) is 42.2 Å². The number of thiophene rings is 1. The fourth-order valence-electron chi connectivity index (χ4n) is 2.86. The van der Waals surface area contributed by atoms with Crippen LogP contribution in [0, 0.1) is 0 Å². The summed E-state index contributed by atoms with van der Waals surface area (Å²) in [7, 11) is 3.76. The van der Waals surface area contributed by atoms with E-state index >= 15 is 0 Å². The van der Waals surface area contributed by atoms with Gasteiger partial charge in [-0.1, -0.05) is 6.92 Å². The zero-order valence-electron chi connectivity index (χ0n) is 14.9. The van der Waals surface area contributed by atoms with Gasteiger partial charge in [-0.3, -0.25) is 9.67 Å². The average Bonchev–Trinajstić information content (AvgIpc) is 3.24. The van der Waals surface area contributed by atoms with Gasteiger partial charge in [-0.25, -0.2) is 0 Å². The summed E-state index contributed by atoms with van der Waals surface area (Å²) < 4.78 is 7.72. The summed E-state index contributed by atoms with van der Waals surface area (Å²) in [5, 5.41) is 7.72. The van der Waals surface area contributed by atoms with Crippen molar-refractivity contribution >= 4 is 41.3 Å². The Labute approximate surface area is 170 Å². The van der Waals surface area contributed by atoms with E-state index in [1.807, 2.05) is 42.5 Å². The number of hydrogen-bond donors (Lipinski definition) is 1. The van der Waals surface area contributed by atoms with Crippen molar-refractivity contribution in [3.05, 3.63) is 39.8 Å². The molecule has 0 saturated carbocycles. The predicted octanol–water partition coefficient (Wildman–Crippen LogP) is 2.81. The highest BCUT2D eigenvalue weighted by molar-refractivity contribution is 14.0. The standard InChI is InChI=1S/C17H25N5OS.HI/c1-4-14-5-6-15(24-14)10-19-17(18-2)22-7-8-23-16(12-22)13-9-20-21(3)11-13;/h5-6,9,11,16H,4,7-8,10,12H2,1-3H3,(H,18,19);1H. The topological polar surface area (TPSA) is 54.7 Å². The summed E-state index contributed by atoms with van der Waals surface area (Å²) in [4.78, 5) is 9.47. The summed E-state index contributed by atoms with van der Waals surface area (Å²) >= 11 is 1.86. The molecule has 6 nitrogen and oxygen atoms in total. The number of aryl methyl sites for hydroxylation is 2. The number of morpholine rings is 1. The number of aliphatic imine (C=N–C) groups is 1. The summed E-state index contributed by atoms with van der Waals surface area (Å²) in [5.41, 5.74) is 1.11. The maximum atomic E-state index is 5.91. The Bertz CT molecular complexity index is 699. The molecule has 3 heterocycles. The Morgan fingerprint density at radius 2 is 2.24 bits per heavy atom. The molecule has 1 aliphatic rings. The fraction of sp³-hybridized carbons (Fsp3) is 0.529. The van der Waals surface area contributed by atoms with Crippen LogP contribution in [0.1, 0.15) is 28.3 Å². The van der Waals surface area contributed by atoms with Crippen LogP contribution < -0.4 is 5.32 Å². The van der Waals surface area contributed by atoms with Gasteiger partial charge in [-0.05, 0) is 18.6 Å². The third kappa shape index (κ3) is 5.18. The number of guanidine groups is 1. The third-order valence-electron chi connectivity index (χ3n) is 4.16. The molecule has 0 bridgehead atoms. The lowest BCUT2D eigenvalue weighted by Crippen LogP contribution is -2.47. The second-order valence-corrected chi connectivity index (χ2v) is 7.13. The van der Waals surface area contributed by atoms with Crippen molar-refractivity contribution in [1.82, 2.24) is 20.0 Å². The minimum Gasteiger partial charge on any atom is -0.370 e. The van der Waals surface area contributed by atoms with E-state index in [4.69, 9.17) is 4.74 Å². The van der Waals surface area contributed by atoms with Gasteiger partial charge in [0.1, 0.15) is 6.10 Å². The Morgan fingerprint density at radius 3 is 2.88 bits per heavy atom. The summed E-state index contributed by atoms with van der Waals surface area (Å²) in [6.07, 6.45) is 5.03.